The lowest BCUT2D eigenvalue weighted by Gasteiger charge is -2.16. The Hall–Kier alpha value is -1.19. The number of benzene rings is 1. The van der Waals surface area contributed by atoms with Gasteiger partial charge in [-0.2, -0.15) is 0 Å². The molecule has 3 heteroatoms. The Morgan fingerprint density at radius 2 is 2.05 bits per heavy atom. The van der Waals surface area contributed by atoms with E-state index in [0.29, 0.717) is 0 Å². The average Bonchev–Trinajstić information content (AvgIpc) is 2.88. The van der Waals surface area contributed by atoms with Crippen molar-refractivity contribution in [3.8, 4) is 0 Å². The molecule has 1 nitrogen and oxygen atoms in total. The maximum atomic E-state index is 13.3. The van der Waals surface area contributed by atoms with Crippen LogP contribution in [0.2, 0.25) is 0 Å². The number of thiophene rings is 1. The number of aryl methyl sites for hydroxylation is 2. The molecule has 0 fully saturated rings. The van der Waals surface area contributed by atoms with Gasteiger partial charge in [0.05, 0.1) is 0 Å². The first-order valence-electron chi connectivity index (χ1n) is 6.65. The van der Waals surface area contributed by atoms with Crippen LogP contribution in [0, 0.1) is 12.7 Å². The van der Waals surface area contributed by atoms with Crippen molar-refractivity contribution in [3.63, 3.8) is 0 Å². The molecule has 0 aliphatic heterocycles. The highest BCUT2D eigenvalue weighted by Gasteiger charge is 2.14. The van der Waals surface area contributed by atoms with Gasteiger partial charge in [-0.1, -0.05) is 13.0 Å². The standard InChI is InChI=1S/C16H20FNS/c1-4-14-7-8-16(19-14)15(18-3)10-12-9-13(17)6-5-11(12)2/h5-9,15,18H,4,10H2,1-3H3. The summed E-state index contributed by atoms with van der Waals surface area (Å²) in [5, 5.41) is 3.34. The molecule has 1 atom stereocenters. The second-order valence-corrected chi connectivity index (χ2v) is 5.97. The van der Waals surface area contributed by atoms with Gasteiger partial charge in [0.15, 0.2) is 0 Å². The van der Waals surface area contributed by atoms with Gasteiger partial charge in [0, 0.05) is 15.8 Å². The predicted molar refractivity (Wildman–Crippen MR) is 80.3 cm³/mol. The van der Waals surface area contributed by atoms with Crippen molar-refractivity contribution in [1.29, 1.82) is 0 Å². The van der Waals surface area contributed by atoms with Crippen LogP contribution in [-0.4, -0.2) is 7.05 Å². The first-order valence-corrected chi connectivity index (χ1v) is 7.46. The Kier molecular flexibility index (Phi) is 4.72. The Bertz CT molecular complexity index is 547. The summed E-state index contributed by atoms with van der Waals surface area (Å²) < 4.78 is 13.3. The van der Waals surface area contributed by atoms with Crippen LogP contribution >= 0.6 is 11.3 Å². The minimum absolute atomic E-state index is 0.157. The van der Waals surface area contributed by atoms with E-state index in [0.717, 1.165) is 24.0 Å². The number of likely N-dealkylation sites (N-methyl/N-ethyl adjacent to an activating group) is 1. The van der Waals surface area contributed by atoms with Crippen LogP contribution in [0.3, 0.4) is 0 Å². The molecule has 0 spiro atoms. The van der Waals surface area contributed by atoms with Gasteiger partial charge in [0.25, 0.3) is 0 Å². The van der Waals surface area contributed by atoms with Crippen LogP contribution in [0.1, 0.15) is 33.8 Å². The van der Waals surface area contributed by atoms with Gasteiger partial charge in [-0.3, -0.25) is 0 Å². The van der Waals surface area contributed by atoms with Crippen LogP contribution in [-0.2, 0) is 12.8 Å². The van der Waals surface area contributed by atoms with E-state index >= 15 is 0 Å². The Morgan fingerprint density at radius 3 is 2.68 bits per heavy atom. The number of hydrogen-bond donors (Lipinski definition) is 1. The zero-order chi connectivity index (χ0) is 13.8. The normalized spacial score (nSPS) is 12.6. The quantitative estimate of drug-likeness (QED) is 0.861. The molecule has 1 aromatic heterocycles. The lowest BCUT2D eigenvalue weighted by Crippen LogP contribution is -2.18. The summed E-state index contributed by atoms with van der Waals surface area (Å²) in [6, 6.07) is 9.64. The van der Waals surface area contributed by atoms with Crippen LogP contribution < -0.4 is 5.32 Å². The minimum Gasteiger partial charge on any atom is -0.312 e. The maximum absolute atomic E-state index is 13.3. The highest BCUT2D eigenvalue weighted by molar-refractivity contribution is 7.12. The fourth-order valence-corrected chi connectivity index (χ4v) is 3.26. The Morgan fingerprint density at radius 1 is 1.26 bits per heavy atom. The molecule has 19 heavy (non-hydrogen) atoms. The third-order valence-electron chi connectivity index (χ3n) is 3.46. The van der Waals surface area contributed by atoms with Crippen molar-refractivity contribution >= 4 is 11.3 Å². The van der Waals surface area contributed by atoms with E-state index < -0.39 is 0 Å². The number of hydrogen-bond acceptors (Lipinski definition) is 2. The third kappa shape index (κ3) is 3.43. The fourth-order valence-electron chi connectivity index (χ4n) is 2.20. The van der Waals surface area contributed by atoms with E-state index in [4.69, 9.17) is 0 Å². The molecule has 1 unspecified atom stereocenters. The zero-order valence-corrected chi connectivity index (χ0v) is 12.5. The van der Waals surface area contributed by atoms with Crippen molar-refractivity contribution in [2.75, 3.05) is 7.05 Å². The Balaban J connectivity index is 2.21. The number of rotatable bonds is 5. The van der Waals surface area contributed by atoms with Crippen molar-refractivity contribution in [2.24, 2.45) is 0 Å². The smallest absolute Gasteiger partial charge is 0.123 e. The second kappa shape index (κ2) is 6.31. The van der Waals surface area contributed by atoms with Gasteiger partial charge in [-0.05, 0) is 62.2 Å². The van der Waals surface area contributed by atoms with Gasteiger partial charge < -0.3 is 5.32 Å². The van der Waals surface area contributed by atoms with Crippen molar-refractivity contribution in [3.05, 3.63) is 57.0 Å². The van der Waals surface area contributed by atoms with Crippen molar-refractivity contribution in [2.45, 2.75) is 32.7 Å². The van der Waals surface area contributed by atoms with Gasteiger partial charge in [0.2, 0.25) is 0 Å². The maximum Gasteiger partial charge on any atom is 0.123 e. The number of nitrogens with one attached hydrogen (secondary N) is 1. The molecule has 0 aliphatic carbocycles. The molecular formula is C16H20FNS. The second-order valence-electron chi connectivity index (χ2n) is 4.77. The molecule has 0 aliphatic rings. The monoisotopic (exact) mass is 277 g/mol. The van der Waals surface area contributed by atoms with E-state index in [1.807, 2.05) is 31.4 Å². The molecule has 0 saturated heterocycles. The lowest BCUT2D eigenvalue weighted by atomic mass is 10.00. The van der Waals surface area contributed by atoms with E-state index in [-0.39, 0.29) is 11.9 Å². The molecule has 0 amide bonds. The largest absolute Gasteiger partial charge is 0.312 e. The highest BCUT2D eigenvalue weighted by atomic mass is 32.1. The van der Waals surface area contributed by atoms with E-state index in [1.165, 1.54) is 15.8 Å². The average molecular weight is 277 g/mol. The molecule has 0 bridgehead atoms. The van der Waals surface area contributed by atoms with Gasteiger partial charge in [-0.15, -0.1) is 11.3 Å². The predicted octanol–water partition coefficient (Wildman–Crippen LogP) is 4.26. The molecular weight excluding hydrogens is 257 g/mol. The summed E-state index contributed by atoms with van der Waals surface area (Å²) in [7, 11) is 1.96. The van der Waals surface area contributed by atoms with Gasteiger partial charge >= 0.3 is 0 Å². The summed E-state index contributed by atoms with van der Waals surface area (Å²) in [6.45, 7) is 4.20. The summed E-state index contributed by atoms with van der Waals surface area (Å²) in [5.74, 6) is -0.157. The third-order valence-corrected chi connectivity index (χ3v) is 4.80. The van der Waals surface area contributed by atoms with Crippen molar-refractivity contribution < 1.29 is 4.39 Å². The summed E-state index contributed by atoms with van der Waals surface area (Å²) in [4.78, 5) is 2.72. The molecule has 1 heterocycles. The number of halogens is 1. The van der Waals surface area contributed by atoms with Crippen LogP contribution in [0.4, 0.5) is 4.39 Å². The first kappa shape index (κ1) is 14.2. The lowest BCUT2D eigenvalue weighted by molar-refractivity contribution is 0.590. The first-order chi connectivity index (χ1) is 9.13. The molecule has 2 rings (SSSR count). The minimum atomic E-state index is -0.157. The molecule has 1 aromatic carbocycles. The van der Waals surface area contributed by atoms with Crippen LogP contribution in [0.25, 0.3) is 0 Å². The van der Waals surface area contributed by atoms with Crippen molar-refractivity contribution in [1.82, 2.24) is 5.32 Å². The van der Waals surface area contributed by atoms with E-state index in [1.54, 1.807) is 6.07 Å². The molecule has 0 radical (unpaired) electrons. The highest BCUT2D eigenvalue weighted by Crippen LogP contribution is 2.27. The summed E-state index contributed by atoms with van der Waals surface area (Å²) in [6.07, 6.45) is 1.89. The summed E-state index contributed by atoms with van der Waals surface area (Å²) in [5.41, 5.74) is 2.22. The fraction of sp³-hybridized carbons (Fsp3) is 0.375. The van der Waals surface area contributed by atoms with Gasteiger partial charge in [0.1, 0.15) is 5.82 Å². The summed E-state index contributed by atoms with van der Waals surface area (Å²) >= 11 is 1.84. The molecule has 0 saturated carbocycles. The van der Waals surface area contributed by atoms with E-state index in [9.17, 15) is 4.39 Å². The van der Waals surface area contributed by atoms with Gasteiger partial charge in [-0.25, -0.2) is 4.39 Å². The topological polar surface area (TPSA) is 12.0 Å². The van der Waals surface area contributed by atoms with E-state index in [2.05, 4.69) is 24.4 Å². The van der Waals surface area contributed by atoms with Crippen LogP contribution in [0.15, 0.2) is 30.3 Å². The molecule has 1 N–H and O–H groups in total. The molecule has 2 aromatic rings. The SMILES string of the molecule is CCc1ccc(C(Cc2cc(F)ccc2C)NC)s1. The van der Waals surface area contributed by atoms with Crippen LogP contribution in [0.5, 0.6) is 0 Å². The Labute approximate surface area is 118 Å². The zero-order valence-electron chi connectivity index (χ0n) is 11.7. The molecule has 102 valence electrons.